The van der Waals surface area contributed by atoms with Crippen LogP contribution >= 0.6 is 0 Å². The molecule has 0 N–H and O–H groups in total. The Morgan fingerprint density at radius 2 is 1.96 bits per heavy atom. The Bertz CT molecular complexity index is 1070. The van der Waals surface area contributed by atoms with Gasteiger partial charge in [-0.05, 0) is 47.5 Å². The van der Waals surface area contributed by atoms with Crippen LogP contribution in [0.3, 0.4) is 0 Å². The molecule has 2 aromatic carbocycles. The third-order valence-corrected chi connectivity index (χ3v) is 4.30. The lowest BCUT2D eigenvalue weighted by Gasteiger charge is -2.11. The molecule has 1 aromatic heterocycles. The van der Waals surface area contributed by atoms with Gasteiger partial charge in [-0.2, -0.15) is 9.36 Å². The molecule has 0 aliphatic carbocycles. The lowest BCUT2D eigenvalue weighted by atomic mass is 10.1. The monoisotopic (exact) mass is 387 g/mol. The van der Waals surface area contributed by atoms with E-state index in [1.54, 1.807) is 31.2 Å². The van der Waals surface area contributed by atoms with Crippen LogP contribution in [0.4, 0.5) is 8.78 Å². The van der Waals surface area contributed by atoms with Crippen LogP contribution in [0, 0.1) is 6.92 Å². The molecule has 0 spiro atoms. The normalized spacial score (nSPS) is 11.9. The summed E-state index contributed by atoms with van der Waals surface area (Å²) in [7, 11) is 1.51. The average Bonchev–Trinajstić information content (AvgIpc) is 3.01. The van der Waals surface area contributed by atoms with Crippen molar-refractivity contribution in [2.24, 2.45) is 12.2 Å². The fraction of sp³-hybridized carbons (Fsp3) is 0.263. The number of benzene rings is 2. The van der Waals surface area contributed by atoms with E-state index in [0.29, 0.717) is 17.0 Å². The van der Waals surface area contributed by atoms with Gasteiger partial charge < -0.3 is 4.84 Å². The molecule has 3 aromatic rings. The van der Waals surface area contributed by atoms with Gasteiger partial charge in [-0.3, -0.25) is 0 Å². The number of oxime groups is 1. The first kappa shape index (κ1) is 19.4. The van der Waals surface area contributed by atoms with E-state index >= 15 is 0 Å². The number of aryl methyl sites for hydroxylation is 2. The second-order valence-corrected chi connectivity index (χ2v) is 6.25. The Hall–Kier alpha value is -3.36. The van der Waals surface area contributed by atoms with Crippen molar-refractivity contribution in [3.63, 3.8) is 0 Å². The van der Waals surface area contributed by atoms with E-state index in [0.717, 1.165) is 15.8 Å². The van der Waals surface area contributed by atoms with Crippen molar-refractivity contribution < 1.29 is 13.6 Å². The first-order chi connectivity index (χ1) is 13.4. The van der Waals surface area contributed by atoms with Crippen molar-refractivity contribution in [3.8, 4) is 5.69 Å². The molecule has 28 heavy (non-hydrogen) atoms. The molecule has 9 heteroatoms. The molecule has 0 amide bonds. The fourth-order valence-corrected chi connectivity index (χ4v) is 2.68. The number of tetrazole rings is 1. The summed E-state index contributed by atoms with van der Waals surface area (Å²) in [5.41, 5.74) is 2.73. The van der Waals surface area contributed by atoms with Crippen LogP contribution in [0.15, 0.2) is 52.4 Å². The number of alkyl halides is 2. The van der Waals surface area contributed by atoms with Crippen molar-refractivity contribution in [3.05, 3.63) is 75.2 Å². The minimum absolute atomic E-state index is 0.0738. The zero-order valence-electron chi connectivity index (χ0n) is 15.6. The van der Waals surface area contributed by atoms with E-state index < -0.39 is 6.43 Å². The summed E-state index contributed by atoms with van der Waals surface area (Å²) in [5, 5.41) is 11.6. The molecule has 7 nitrogen and oxygen atoms in total. The summed E-state index contributed by atoms with van der Waals surface area (Å²) in [6, 6.07) is 11.4. The van der Waals surface area contributed by atoms with Crippen LogP contribution in [0.2, 0.25) is 0 Å². The van der Waals surface area contributed by atoms with Crippen LogP contribution in [0.5, 0.6) is 0 Å². The Kier molecular flexibility index (Phi) is 5.62. The Morgan fingerprint density at radius 3 is 2.64 bits per heavy atom. The van der Waals surface area contributed by atoms with Crippen molar-refractivity contribution in [1.82, 2.24) is 19.8 Å². The van der Waals surface area contributed by atoms with E-state index in [1.165, 1.54) is 23.9 Å². The van der Waals surface area contributed by atoms with E-state index in [1.807, 2.05) is 13.0 Å². The molecule has 1 heterocycles. The molecule has 0 aliphatic rings. The fourth-order valence-electron chi connectivity index (χ4n) is 2.68. The highest BCUT2D eigenvalue weighted by Gasteiger charge is 2.14. The first-order valence-corrected chi connectivity index (χ1v) is 8.51. The van der Waals surface area contributed by atoms with Gasteiger partial charge in [0.25, 0.3) is 6.43 Å². The molecule has 0 radical (unpaired) electrons. The van der Waals surface area contributed by atoms with Crippen molar-refractivity contribution in [1.29, 1.82) is 0 Å². The number of hydrogen-bond acceptors (Lipinski definition) is 5. The van der Waals surface area contributed by atoms with Crippen molar-refractivity contribution >= 4 is 5.71 Å². The zero-order chi connectivity index (χ0) is 20.3. The second-order valence-electron chi connectivity index (χ2n) is 6.25. The third-order valence-electron chi connectivity index (χ3n) is 4.30. The molecular formula is C19H19F2N5O2. The summed E-state index contributed by atoms with van der Waals surface area (Å²) in [6.07, 6.45) is -2.55. The summed E-state index contributed by atoms with van der Waals surface area (Å²) < 4.78 is 28.0. The van der Waals surface area contributed by atoms with Crippen LogP contribution in [0.25, 0.3) is 5.69 Å². The van der Waals surface area contributed by atoms with Crippen LogP contribution in [0.1, 0.15) is 35.6 Å². The highest BCUT2D eigenvalue weighted by atomic mass is 19.3. The number of aromatic nitrogens is 4. The summed E-state index contributed by atoms with van der Waals surface area (Å²) >= 11 is 0. The quantitative estimate of drug-likeness (QED) is 0.481. The lowest BCUT2D eigenvalue weighted by molar-refractivity contribution is 0.130. The maximum atomic E-state index is 12.9. The molecule has 3 rings (SSSR count). The number of rotatable bonds is 6. The van der Waals surface area contributed by atoms with Crippen molar-refractivity contribution in [2.75, 3.05) is 0 Å². The van der Waals surface area contributed by atoms with Gasteiger partial charge in [0.2, 0.25) is 0 Å². The number of nitrogens with zero attached hydrogens (tertiary/aromatic N) is 5. The molecule has 0 fully saturated rings. The molecule has 0 saturated carbocycles. The molecule has 0 aliphatic heterocycles. The van der Waals surface area contributed by atoms with E-state index in [4.69, 9.17) is 4.84 Å². The zero-order valence-corrected chi connectivity index (χ0v) is 15.6. The highest BCUT2D eigenvalue weighted by Crippen LogP contribution is 2.21. The first-order valence-electron chi connectivity index (χ1n) is 8.51. The minimum atomic E-state index is -2.55. The summed E-state index contributed by atoms with van der Waals surface area (Å²) in [4.78, 5) is 17.6. The van der Waals surface area contributed by atoms with Crippen LogP contribution < -0.4 is 5.69 Å². The SMILES string of the molecule is C/C(=N/OCc1c(C)cccc1-n1nnn(C)c1=O)c1cccc(C(F)F)c1. The Labute approximate surface area is 159 Å². The van der Waals surface area contributed by atoms with Gasteiger partial charge in [0.15, 0.2) is 0 Å². The molecule has 0 saturated heterocycles. The second kappa shape index (κ2) is 8.12. The van der Waals surface area contributed by atoms with Gasteiger partial charge in [-0.25, -0.2) is 13.6 Å². The molecule has 146 valence electrons. The molecule has 0 bridgehead atoms. The van der Waals surface area contributed by atoms with Gasteiger partial charge in [-0.1, -0.05) is 35.5 Å². The van der Waals surface area contributed by atoms with Crippen LogP contribution in [-0.2, 0) is 18.5 Å². The summed E-state index contributed by atoms with van der Waals surface area (Å²) in [6.45, 7) is 3.64. The Morgan fingerprint density at radius 1 is 1.21 bits per heavy atom. The largest absolute Gasteiger partial charge is 0.391 e. The van der Waals surface area contributed by atoms with E-state index in [-0.39, 0.29) is 17.9 Å². The van der Waals surface area contributed by atoms with Gasteiger partial charge in [0.05, 0.1) is 11.4 Å². The predicted octanol–water partition coefficient (Wildman–Crippen LogP) is 3.15. The Balaban J connectivity index is 1.83. The topological polar surface area (TPSA) is 74.3 Å². The third kappa shape index (κ3) is 3.98. The number of hydrogen-bond donors (Lipinski definition) is 0. The van der Waals surface area contributed by atoms with E-state index in [2.05, 4.69) is 15.6 Å². The molecule has 0 unspecified atom stereocenters. The maximum absolute atomic E-state index is 12.9. The van der Waals surface area contributed by atoms with Gasteiger partial charge in [0, 0.05) is 18.2 Å². The standard InChI is InChI=1S/C19H19F2N5O2/c1-12-6-4-9-17(26-19(27)25(3)23-24-26)16(12)11-28-22-13(2)14-7-5-8-15(10-14)18(20)21/h4-10,18H,11H2,1-3H3/b22-13-. The smallest absolute Gasteiger partial charge is 0.368 e. The number of halogens is 2. The molecule has 0 atom stereocenters. The van der Waals surface area contributed by atoms with Crippen LogP contribution in [-0.4, -0.2) is 25.5 Å². The van der Waals surface area contributed by atoms with Gasteiger partial charge in [0.1, 0.15) is 6.61 Å². The van der Waals surface area contributed by atoms with Gasteiger partial charge in [-0.15, -0.1) is 0 Å². The lowest BCUT2D eigenvalue weighted by Crippen LogP contribution is -2.23. The highest BCUT2D eigenvalue weighted by molar-refractivity contribution is 5.98. The van der Waals surface area contributed by atoms with E-state index in [9.17, 15) is 13.6 Å². The summed E-state index contributed by atoms with van der Waals surface area (Å²) in [5.74, 6) is 0. The van der Waals surface area contributed by atoms with Crippen molar-refractivity contribution in [2.45, 2.75) is 26.9 Å². The maximum Gasteiger partial charge on any atom is 0.368 e. The minimum Gasteiger partial charge on any atom is -0.391 e. The average molecular weight is 387 g/mol. The molecular weight excluding hydrogens is 368 g/mol. The van der Waals surface area contributed by atoms with Gasteiger partial charge >= 0.3 is 5.69 Å². The predicted molar refractivity (Wildman–Crippen MR) is 99.7 cm³/mol.